The zero-order valence-electron chi connectivity index (χ0n) is 12.7. The Morgan fingerprint density at radius 2 is 1.90 bits per heavy atom. The lowest BCUT2D eigenvalue weighted by molar-refractivity contribution is 0.604. The van der Waals surface area contributed by atoms with Gasteiger partial charge in [0, 0.05) is 24.8 Å². The van der Waals surface area contributed by atoms with Crippen molar-refractivity contribution < 1.29 is 4.39 Å². The minimum atomic E-state index is -0.228. The number of rotatable bonds is 6. The lowest BCUT2D eigenvalue weighted by atomic mass is 10.0. The summed E-state index contributed by atoms with van der Waals surface area (Å²) in [6.07, 6.45) is 0.797. The molecule has 0 saturated heterocycles. The molecule has 0 aliphatic carbocycles. The van der Waals surface area contributed by atoms with Crippen LogP contribution in [0.3, 0.4) is 0 Å². The van der Waals surface area contributed by atoms with Gasteiger partial charge in [0.05, 0.1) is 0 Å². The van der Waals surface area contributed by atoms with Crippen LogP contribution in [-0.2, 0) is 0 Å². The summed E-state index contributed by atoms with van der Waals surface area (Å²) >= 11 is 0. The van der Waals surface area contributed by atoms with Crippen LogP contribution in [0.15, 0.2) is 48.5 Å². The van der Waals surface area contributed by atoms with E-state index >= 15 is 0 Å². The highest BCUT2D eigenvalue weighted by Gasteiger charge is 2.11. The van der Waals surface area contributed by atoms with Gasteiger partial charge in [-0.2, -0.15) is 0 Å². The fourth-order valence-corrected chi connectivity index (χ4v) is 2.57. The van der Waals surface area contributed by atoms with Crippen LogP contribution < -0.4 is 10.6 Å². The predicted octanol–water partition coefficient (Wildman–Crippen LogP) is 4.05. The molecule has 0 aliphatic heterocycles. The molecule has 0 fully saturated rings. The smallest absolute Gasteiger partial charge is 0.123 e. The summed E-state index contributed by atoms with van der Waals surface area (Å²) in [7, 11) is 0. The topological polar surface area (TPSA) is 29.3 Å². The minimum absolute atomic E-state index is 0.140. The SMILES string of the molecule is CCN(CCC(N)c1cccc(F)c1)c1ccccc1C. The normalized spacial score (nSPS) is 12.2. The third-order valence-corrected chi connectivity index (χ3v) is 3.82. The van der Waals surface area contributed by atoms with Crippen LogP contribution in [0.2, 0.25) is 0 Å². The van der Waals surface area contributed by atoms with E-state index in [2.05, 4.69) is 36.9 Å². The van der Waals surface area contributed by atoms with Gasteiger partial charge < -0.3 is 10.6 Å². The average molecular weight is 286 g/mol. The fourth-order valence-electron chi connectivity index (χ4n) is 2.57. The van der Waals surface area contributed by atoms with E-state index in [1.165, 1.54) is 23.4 Å². The molecular weight excluding hydrogens is 263 g/mol. The van der Waals surface area contributed by atoms with E-state index in [0.717, 1.165) is 25.1 Å². The molecule has 0 bridgehead atoms. The van der Waals surface area contributed by atoms with Crippen molar-refractivity contribution in [3.05, 3.63) is 65.5 Å². The van der Waals surface area contributed by atoms with Crippen LogP contribution in [0, 0.1) is 12.7 Å². The van der Waals surface area contributed by atoms with Gasteiger partial charge in [-0.25, -0.2) is 4.39 Å². The van der Waals surface area contributed by atoms with Gasteiger partial charge in [-0.1, -0.05) is 30.3 Å². The summed E-state index contributed by atoms with van der Waals surface area (Å²) in [6.45, 7) is 6.05. The molecule has 2 aromatic rings. The third kappa shape index (κ3) is 4.05. The first-order valence-corrected chi connectivity index (χ1v) is 7.43. The van der Waals surface area contributed by atoms with Crippen molar-refractivity contribution in [2.75, 3.05) is 18.0 Å². The second-order valence-corrected chi connectivity index (χ2v) is 5.32. The molecule has 0 aliphatic rings. The molecule has 0 heterocycles. The van der Waals surface area contributed by atoms with Crippen LogP contribution in [0.4, 0.5) is 10.1 Å². The second-order valence-electron chi connectivity index (χ2n) is 5.32. The van der Waals surface area contributed by atoms with Crippen LogP contribution in [0.5, 0.6) is 0 Å². The predicted molar refractivity (Wildman–Crippen MR) is 87.0 cm³/mol. The number of benzene rings is 2. The van der Waals surface area contributed by atoms with Gasteiger partial charge in [0.15, 0.2) is 0 Å². The molecular formula is C18H23FN2. The van der Waals surface area contributed by atoms with E-state index in [0.29, 0.717) is 0 Å². The van der Waals surface area contributed by atoms with Crippen molar-refractivity contribution in [3.63, 3.8) is 0 Å². The second kappa shape index (κ2) is 7.23. The number of halogens is 1. The first kappa shape index (κ1) is 15.5. The largest absolute Gasteiger partial charge is 0.372 e. The van der Waals surface area contributed by atoms with Crippen LogP contribution in [0.25, 0.3) is 0 Å². The zero-order chi connectivity index (χ0) is 15.2. The molecule has 3 heteroatoms. The van der Waals surface area contributed by atoms with Crippen molar-refractivity contribution in [1.82, 2.24) is 0 Å². The van der Waals surface area contributed by atoms with Crippen molar-refractivity contribution in [1.29, 1.82) is 0 Å². The highest BCUT2D eigenvalue weighted by atomic mass is 19.1. The molecule has 0 spiro atoms. The summed E-state index contributed by atoms with van der Waals surface area (Å²) in [6, 6.07) is 14.8. The molecule has 0 radical (unpaired) electrons. The molecule has 0 amide bonds. The summed E-state index contributed by atoms with van der Waals surface area (Å²) in [4.78, 5) is 2.31. The highest BCUT2D eigenvalue weighted by molar-refractivity contribution is 5.52. The zero-order valence-corrected chi connectivity index (χ0v) is 12.7. The van der Waals surface area contributed by atoms with E-state index in [1.54, 1.807) is 6.07 Å². The average Bonchev–Trinajstić information content (AvgIpc) is 2.49. The van der Waals surface area contributed by atoms with Crippen molar-refractivity contribution in [2.45, 2.75) is 26.3 Å². The van der Waals surface area contributed by atoms with Gasteiger partial charge in [-0.15, -0.1) is 0 Å². The van der Waals surface area contributed by atoms with E-state index in [-0.39, 0.29) is 11.9 Å². The van der Waals surface area contributed by atoms with Gasteiger partial charge in [-0.3, -0.25) is 0 Å². The molecule has 0 aromatic heterocycles. The fraction of sp³-hybridized carbons (Fsp3) is 0.333. The Balaban J connectivity index is 2.02. The van der Waals surface area contributed by atoms with E-state index in [4.69, 9.17) is 5.73 Å². The van der Waals surface area contributed by atoms with Crippen LogP contribution in [-0.4, -0.2) is 13.1 Å². The molecule has 1 unspecified atom stereocenters. The molecule has 0 saturated carbocycles. The molecule has 2 nitrogen and oxygen atoms in total. The monoisotopic (exact) mass is 286 g/mol. The van der Waals surface area contributed by atoms with Crippen LogP contribution in [0.1, 0.15) is 30.5 Å². The minimum Gasteiger partial charge on any atom is -0.372 e. The van der Waals surface area contributed by atoms with Crippen molar-refractivity contribution in [2.24, 2.45) is 5.73 Å². The maximum Gasteiger partial charge on any atom is 0.123 e. The number of anilines is 1. The number of hydrogen-bond donors (Lipinski definition) is 1. The number of nitrogens with two attached hydrogens (primary N) is 1. The summed E-state index contributed by atoms with van der Waals surface area (Å²) < 4.78 is 13.2. The third-order valence-electron chi connectivity index (χ3n) is 3.82. The maximum atomic E-state index is 13.2. The van der Waals surface area contributed by atoms with E-state index in [9.17, 15) is 4.39 Å². The first-order valence-electron chi connectivity index (χ1n) is 7.43. The lowest BCUT2D eigenvalue weighted by Crippen LogP contribution is -2.27. The molecule has 2 aromatic carbocycles. The van der Waals surface area contributed by atoms with Gasteiger partial charge >= 0.3 is 0 Å². The molecule has 21 heavy (non-hydrogen) atoms. The molecule has 112 valence electrons. The Labute approximate surface area is 126 Å². The Morgan fingerprint density at radius 3 is 2.57 bits per heavy atom. The number of aryl methyl sites for hydroxylation is 1. The Hall–Kier alpha value is -1.87. The van der Waals surface area contributed by atoms with Crippen LogP contribution >= 0.6 is 0 Å². The number of para-hydroxylation sites is 1. The van der Waals surface area contributed by atoms with Crippen molar-refractivity contribution in [3.8, 4) is 0 Å². The Bertz CT molecular complexity index is 583. The standard InChI is InChI=1S/C18H23FN2/c1-3-21(18-10-5-4-7-14(18)2)12-11-17(20)15-8-6-9-16(19)13-15/h4-10,13,17H,3,11-12,20H2,1-2H3. The number of hydrogen-bond acceptors (Lipinski definition) is 2. The van der Waals surface area contributed by atoms with Gasteiger partial charge in [-0.05, 0) is 49.6 Å². The highest BCUT2D eigenvalue weighted by Crippen LogP contribution is 2.21. The summed E-state index contributed by atoms with van der Waals surface area (Å²) in [5, 5.41) is 0. The summed E-state index contributed by atoms with van der Waals surface area (Å²) in [5.41, 5.74) is 9.55. The summed E-state index contributed by atoms with van der Waals surface area (Å²) in [5.74, 6) is -0.228. The van der Waals surface area contributed by atoms with Gasteiger partial charge in [0.2, 0.25) is 0 Å². The molecule has 2 N–H and O–H groups in total. The Kier molecular flexibility index (Phi) is 5.34. The quantitative estimate of drug-likeness (QED) is 0.868. The van der Waals surface area contributed by atoms with E-state index in [1.807, 2.05) is 12.1 Å². The first-order chi connectivity index (χ1) is 10.1. The lowest BCUT2D eigenvalue weighted by Gasteiger charge is -2.26. The van der Waals surface area contributed by atoms with Gasteiger partial charge in [0.1, 0.15) is 5.82 Å². The molecule has 2 rings (SSSR count). The van der Waals surface area contributed by atoms with E-state index < -0.39 is 0 Å². The molecule has 1 atom stereocenters. The maximum absolute atomic E-state index is 13.2. The number of nitrogens with zero attached hydrogens (tertiary/aromatic N) is 1. The van der Waals surface area contributed by atoms with Crippen molar-refractivity contribution >= 4 is 5.69 Å². The Morgan fingerprint density at radius 1 is 1.14 bits per heavy atom. The van der Waals surface area contributed by atoms with Gasteiger partial charge in [0.25, 0.3) is 0 Å².